The summed E-state index contributed by atoms with van der Waals surface area (Å²) in [7, 11) is -3.48. The van der Waals surface area contributed by atoms with Gasteiger partial charge in [0.05, 0.1) is 0 Å². The van der Waals surface area contributed by atoms with E-state index < -0.39 is 15.9 Å². The van der Waals surface area contributed by atoms with Crippen LogP contribution >= 0.6 is 24.2 Å². The Kier molecular flexibility index (Phi) is 10.6. The Hall–Kier alpha value is 1.01. The van der Waals surface area contributed by atoms with E-state index >= 15 is 0 Å². The van der Waals surface area contributed by atoms with Crippen molar-refractivity contribution in [2.24, 2.45) is 0 Å². The average Bonchev–Trinajstić information content (AvgIpc) is 2.18. The van der Waals surface area contributed by atoms with Crippen molar-refractivity contribution in [3.8, 4) is 0 Å². The van der Waals surface area contributed by atoms with E-state index in [1.807, 2.05) is 20.8 Å². The molecule has 0 aromatic rings. The van der Waals surface area contributed by atoms with Crippen LogP contribution in [0.5, 0.6) is 0 Å². The van der Waals surface area contributed by atoms with Crippen molar-refractivity contribution in [2.45, 2.75) is 39.3 Å². The highest BCUT2D eigenvalue weighted by Crippen LogP contribution is 2.21. The molecule has 0 rings (SSSR count). The number of rotatable bonds is 10. The van der Waals surface area contributed by atoms with E-state index in [0.29, 0.717) is 19.8 Å². The van der Waals surface area contributed by atoms with Crippen molar-refractivity contribution in [3.05, 3.63) is 0 Å². The molecule has 0 bridgehead atoms. The zero-order valence-corrected chi connectivity index (χ0v) is 14.4. The molecule has 16 heavy (non-hydrogen) atoms. The molecule has 0 atom stereocenters. The summed E-state index contributed by atoms with van der Waals surface area (Å²) in [6.45, 7) is 7.89. The monoisotopic (exact) mass is 300 g/mol. The molecule has 0 aliphatic heterocycles. The van der Waals surface area contributed by atoms with Crippen molar-refractivity contribution in [1.82, 2.24) is 0 Å². The molecule has 0 amide bonds. The quantitative estimate of drug-likeness (QED) is 0.479. The molecule has 0 radical (unpaired) electrons. The van der Waals surface area contributed by atoms with Gasteiger partial charge in [0.1, 0.15) is 0 Å². The van der Waals surface area contributed by atoms with Gasteiger partial charge in [-0.2, -0.15) is 24.2 Å². The molecule has 0 N–H and O–H groups in total. The molecular weight excluding hydrogens is 276 g/mol. The molecule has 0 aliphatic carbocycles. The van der Waals surface area contributed by atoms with Gasteiger partial charge in [-0.1, -0.05) is 6.42 Å². The van der Waals surface area contributed by atoms with Crippen molar-refractivity contribution < 1.29 is 13.3 Å². The summed E-state index contributed by atoms with van der Waals surface area (Å²) in [6.07, 6.45) is 1.04. The highest BCUT2D eigenvalue weighted by molar-refractivity contribution is 8.40. The molecule has 0 aliphatic rings. The van der Waals surface area contributed by atoms with Crippen LogP contribution < -0.4 is 0 Å². The first-order valence-corrected chi connectivity index (χ1v) is 12.8. The Morgan fingerprint density at radius 1 is 0.938 bits per heavy atom. The maximum atomic E-state index is 5.75. The largest absolute Gasteiger partial charge is 0.500 e. The van der Waals surface area contributed by atoms with E-state index in [0.717, 1.165) is 18.5 Å². The molecule has 0 heterocycles. The van der Waals surface area contributed by atoms with Gasteiger partial charge < -0.3 is 13.3 Å². The van der Waals surface area contributed by atoms with Crippen LogP contribution in [0.2, 0.25) is 12.1 Å². The molecule has 98 valence electrons. The van der Waals surface area contributed by atoms with Crippen LogP contribution in [0.1, 0.15) is 27.2 Å². The maximum absolute atomic E-state index is 5.75. The smallest absolute Gasteiger partial charge is 0.374 e. The van der Waals surface area contributed by atoms with Crippen LogP contribution in [0.25, 0.3) is 0 Å². The molecule has 0 aromatic carbocycles. The lowest BCUT2D eigenvalue weighted by Gasteiger charge is -2.28. The number of thiol groups is 2. The zero-order valence-electron chi connectivity index (χ0n) is 10.4. The fraction of sp³-hybridized carbons (Fsp3) is 1.00. The molecule has 0 fully saturated rings. The lowest BCUT2D eigenvalue weighted by atomic mass is 10.6. The standard InChI is InChI=1S/C9H24O3S2Si2/c1-4-10-16(11-5-2,12-6-3)9-7-8-15(13)14/h13-15H,4-9H2,1-3H3. The molecule has 0 unspecified atom stereocenters. The second-order valence-electron chi connectivity index (χ2n) is 3.35. The van der Waals surface area contributed by atoms with Gasteiger partial charge in [0.15, 0.2) is 7.10 Å². The molecule has 0 saturated heterocycles. The Bertz CT molecular complexity index is 156. The third kappa shape index (κ3) is 7.36. The van der Waals surface area contributed by atoms with Crippen molar-refractivity contribution in [2.75, 3.05) is 19.8 Å². The lowest BCUT2D eigenvalue weighted by molar-refractivity contribution is 0.0712. The summed E-state index contributed by atoms with van der Waals surface area (Å²) in [6, 6.07) is 1.96. The van der Waals surface area contributed by atoms with Gasteiger partial charge in [0.25, 0.3) is 0 Å². The first kappa shape index (κ1) is 17.0. The molecule has 0 spiro atoms. The summed E-state index contributed by atoms with van der Waals surface area (Å²) in [5, 5.41) is 0. The molecule has 7 heteroatoms. The highest BCUT2D eigenvalue weighted by Gasteiger charge is 2.39. The van der Waals surface area contributed by atoms with Gasteiger partial charge in [-0.15, -0.1) is 0 Å². The van der Waals surface area contributed by atoms with Gasteiger partial charge in [0, 0.05) is 25.9 Å². The summed E-state index contributed by atoms with van der Waals surface area (Å²) in [5.74, 6) is 0. The molecule has 0 saturated carbocycles. The average molecular weight is 301 g/mol. The van der Waals surface area contributed by atoms with E-state index in [2.05, 4.69) is 24.2 Å². The van der Waals surface area contributed by atoms with Crippen molar-refractivity contribution >= 4 is 40.1 Å². The minimum absolute atomic E-state index is 0.648. The predicted octanol–water partition coefficient (Wildman–Crippen LogP) is 2.51. The third-order valence-electron chi connectivity index (χ3n) is 2.04. The second kappa shape index (κ2) is 9.98. The number of hydrogen-bond acceptors (Lipinski definition) is 5. The summed E-state index contributed by atoms with van der Waals surface area (Å²) in [5.41, 5.74) is 0. The van der Waals surface area contributed by atoms with Gasteiger partial charge >= 0.3 is 8.80 Å². The normalized spacial score (nSPS) is 12.4. The Morgan fingerprint density at radius 3 is 1.69 bits per heavy atom. The fourth-order valence-electron chi connectivity index (χ4n) is 1.50. The summed E-state index contributed by atoms with van der Waals surface area (Å²) in [4.78, 5) is 0. The molecule has 3 nitrogen and oxygen atoms in total. The molecular formula is C9H24O3S2Si2. The van der Waals surface area contributed by atoms with Crippen LogP contribution in [0.15, 0.2) is 0 Å². The lowest BCUT2D eigenvalue weighted by Crippen LogP contribution is -2.45. The SMILES string of the molecule is CCO[Si](CCC[SiH](S)S)(OCC)OCC. The Balaban J connectivity index is 4.23. The van der Waals surface area contributed by atoms with Crippen LogP contribution in [-0.2, 0) is 13.3 Å². The summed E-state index contributed by atoms with van der Waals surface area (Å²) < 4.78 is 17.3. The topological polar surface area (TPSA) is 27.7 Å². The van der Waals surface area contributed by atoms with E-state index in [9.17, 15) is 0 Å². The van der Waals surface area contributed by atoms with Crippen LogP contribution in [0, 0.1) is 0 Å². The summed E-state index contributed by atoms with van der Waals surface area (Å²) >= 11 is 8.76. The first-order valence-electron chi connectivity index (χ1n) is 5.88. The predicted molar refractivity (Wildman–Crippen MR) is 80.0 cm³/mol. The Morgan fingerprint density at radius 2 is 1.38 bits per heavy atom. The zero-order chi connectivity index (χ0) is 12.4. The van der Waals surface area contributed by atoms with Crippen LogP contribution in [-0.4, -0.2) is 35.7 Å². The van der Waals surface area contributed by atoms with Crippen molar-refractivity contribution in [1.29, 1.82) is 0 Å². The van der Waals surface area contributed by atoms with Gasteiger partial charge in [-0.05, 0) is 26.8 Å². The minimum atomic E-state index is -2.41. The van der Waals surface area contributed by atoms with E-state index in [1.165, 1.54) is 0 Å². The maximum Gasteiger partial charge on any atom is 0.500 e. The van der Waals surface area contributed by atoms with E-state index in [1.54, 1.807) is 0 Å². The van der Waals surface area contributed by atoms with Crippen molar-refractivity contribution in [3.63, 3.8) is 0 Å². The van der Waals surface area contributed by atoms with E-state index in [4.69, 9.17) is 13.3 Å². The van der Waals surface area contributed by atoms with E-state index in [-0.39, 0.29) is 0 Å². The highest BCUT2D eigenvalue weighted by atomic mass is 32.5. The van der Waals surface area contributed by atoms with Crippen LogP contribution in [0.3, 0.4) is 0 Å². The second-order valence-corrected chi connectivity index (χ2v) is 12.6. The number of hydrogen-bond donors (Lipinski definition) is 2. The fourth-order valence-corrected chi connectivity index (χ4v) is 6.21. The van der Waals surface area contributed by atoms with Gasteiger partial charge in [-0.25, -0.2) is 0 Å². The van der Waals surface area contributed by atoms with Gasteiger partial charge in [-0.3, -0.25) is 0 Å². The first-order chi connectivity index (χ1) is 7.60. The van der Waals surface area contributed by atoms with Gasteiger partial charge in [0.2, 0.25) is 0 Å². The minimum Gasteiger partial charge on any atom is -0.374 e. The third-order valence-corrected chi connectivity index (χ3v) is 7.66. The Labute approximate surface area is 112 Å². The van der Waals surface area contributed by atoms with Crippen LogP contribution in [0.4, 0.5) is 0 Å². The molecule has 0 aromatic heterocycles.